The van der Waals surface area contributed by atoms with Crippen LogP contribution in [0, 0.1) is 5.92 Å². The first-order valence-corrected chi connectivity index (χ1v) is 4.95. The molecule has 0 N–H and O–H groups in total. The first-order chi connectivity index (χ1) is 6.65. The summed E-state index contributed by atoms with van der Waals surface area (Å²) in [5.41, 5.74) is 1.29. The molecule has 0 bridgehead atoms. The fraction of sp³-hybridized carbons (Fsp3) is 0.400. The largest absolute Gasteiger partial charge is 0.439 e. The van der Waals surface area contributed by atoms with E-state index < -0.39 is 0 Å². The zero-order valence-electron chi connectivity index (χ0n) is 8.12. The van der Waals surface area contributed by atoms with Gasteiger partial charge < -0.3 is 4.42 Å². The van der Waals surface area contributed by atoms with Gasteiger partial charge in [-0.1, -0.05) is 25.4 Å². The molecule has 0 spiro atoms. The Bertz CT molecular complexity index is 450. The molecule has 0 saturated carbocycles. The van der Waals surface area contributed by atoms with E-state index in [-0.39, 0.29) is 0 Å². The first-order valence-electron chi connectivity index (χ1n) is 4.57. The number of halogens is 1. The summed E-state index contributed by atoms with van der Waals surface area (Å²) < 4.78 is 5.50. The third-order valence-corrected chi connectivity index (χ3v) is 2.06. The Hall–Kier alpha value is -1.09. The normalized spacial score (nSPS) is 11.4. The molecule has 0 aliphatic carbocycles. The molecular weight excluding hydrogens is 200 g/mol. The second-order valence-electron chi connectivity index (χ2n) is 3.66. The molecule has 4 heteroatoms. The molecule has 14 heavy (non-hydrogen) atoms. The summed E-state index contributed by atoms with van der Waals surface area (Å²) in [4.78, 5) is 8.32. The van der Waals surface area contributed by atoms with Gasteiger partial charge in [-0.15, -0.1) is 0 Å². The Morgan fingerprint density at radius 1 is 1.36 bits per heavy atom. The Morgan fingerprint density at radius 2 is 2.14 bits per heavy atom. The summed E-state index contributed by atoms with van der Waals surface area (Å²) in [5.74, 6) is 1.25. The van der Waals surface area contributed by atoms with Crippen molar-refractivity contribution in [1.29, 1.82) is 0 Å². The molecule has 74 valence electrons. The molecule has 0 radical (unpaired) electrons. The van der Waals surface area contributed by atoms with E-state index in [1.165, 1.54) is 0 Å². The van der Waals surface area contributed by atoms with Crippen molar-refractivity contribution >= 4 is 22.8 Å². The number of aromatic nitrogens is 2. The van der Waals surface area contributed by atoms with E-state index in [1.54, 1.807) is 12.1 Å². The van der Waals surface area contributed by atoms with Crippen LogP contribution in [0.4, 0.5) is 0 Å². The fourth-order valence-electron chi connectivity index (χ4n) is 1.28. The number of pyridine rings is 1. The van der Waals surface area contributed by atoms with Gasteiger partial charge in [-0.3, -0.25) is 0 Å². The molecule has 2 rings (SSSR count). The quantitative estimate of drug-likeness (QED) is 0.715. The van der Waals surface area contributed by atoms with E-state index in [0.717, 1.165) is 12.3 Å². The topological polar surface area (TPSA) is 38.9 Å². The van der Waals surface area contributed by atoms with Gasteiger partial charge in [0.15, 0.2) is 17.1 Å². The lowest BCUT2D eigenvalue weighted by Crippen LogP contribution is -1.93. The zero-order chi connectivity index (χ0) is 10.1. The van der Waals surface area contributed by atoms with Gasteiger partial charge in [0.2, 0.25) is 0 Å². The first kappa shape index (κ1) is 9.46. The van der Waals surface area contributed by atoms with Crippen LogP contribution >= 0.6 is 11.6 Å². The highest BCUT2D eigenvalue weighted by atomic mass is 35.5. The van der Waals surface area contributed by atoms with Crippen LogP contribution in [-0.2, 0) is 6.42 Å². The molecule has 2 aromatic rings. The highest BCUT2D eigenvalue weighted by molar-refractivity contribution is 6.29. The molecule has 2 aromatic heterocycles. The summed E-state index contributed by atoms with van der Waals surface area (Å²) in [5, 5.41) is 0.446. The van der Waals surface area contributed by atoms with Crippen molar-refractivity contribution in [2.45, 2.75) is 20.3 Å². The zero-order valence-corrected chi connectivity index (χ0v) is 8.88. The number of fused-ring (bicyclic) bond motifs is 1. The number of oxazole rings is 1. The Kier molecular flexibility index (Phi) is 2.42. The van der Waals surface area contributed by atoms with E-state index in [2.05, 4.69) is 23.8 Å². The second kappa shape index (κ2) is 3.58. The smallest absolute Gasteiger partial charge is 0.200 e. The maximum absolute atomic E-state index is 5.74. The van der Waals surface area contributed by atoms with Crippen molar-refractivity contribution in [2.24, 2.45) is 5.92 Å². The molecule has 0 unspecified atom stereocenters. The number of hydrogen-bond acceptors (Lipinski definition) is 3. The van der Waals surface area contributed by atoms with Gasteiger partial charge in [-0.05, 0) is 18.1 Å². The highest BCUT2D eigenvalue weighted by Crippen LogP contribution is 2.17. The SMILES string of the molecule is CC(C)Cc1nc2nc(Cl)ccc2o1. The van der Waals surface area contributed by atoms with Gasteiger partial charge in [0.1, 0.15) is 5.15 Å². The summed E-state index contributed by atoms with van der Waals surface area (Å²) in [6, 6.07) is 3.50. The standard InChI is InChI=1S/C10H11ClN2O/c1-6(2)5-9-13-10-7(14-9)3-4-8(11)12-10/h3-4,6H,5H2,1-2H3. The highest BCUT2D eigenvalue weighted by Gasteiger charge is 2.08. The fourth-order valence-corrected chi connectivity index (χ4v) is 1.42. The van der Waals surface area contributed by atoms with Gasteiger partial charge in [0, 0.05) is 6.42 Å². The minimum absolute atomic E-state index is 0.446. The van der Waals surface area contributed by atoms with Gasteiger partial charge in [0.05, 0.1) is 0 Å². The molecule has 0 atom stereocenters. The van der Waals surface area contributed by atoms with Crippen molar-refractivity contribution in [1.82, 2.24) is 9.97 Å². The molecule has 0 aromatic carbocycles. The van der Waals surface area contributed by atoms with Crippen LogP contribution in [0.3, 0.4) is 0 Å². The lowest BCUT2D eigenvalue weighted by atomic mass is 10.1. The maximum atomic E-state index is 5.74. The van der Waals surface area contributed by atoms with Crippen molar-refractivity contribution in [3.05, 3.63) is 23.2 Å². The van der Waals surface area contributed by atoms with Gasteiger partial charge in [-0.25, -0.2) is 4.98 Å². The molecule has 2 heterocycles. The third-order valence-electron chi connectivity index (χ3n) is 1.85. The van der Waals surface area contributed by atoms with Gasteiger partial charge in [0.25, 0.3) is 0 Å². The van der Waals surface area contributed by atoms with Crippen LogP contribution in [0.1, 0.15) is 19.7 Å². The molecular formula is C10H11ClN2O. The van der Waals surface area contributed by atoms with E-state index in [4.69, 9.17) is 16.0 Å². The molecule has 0 aliphatic heterocycles. The summed E-state index contributed by atoms with van der Waals surface area (Å²) in [6.45, 7) is 4.24. The predicted molar refractivity (Wildman–Crippen MR) is 55.4 cm³/mol. The molecule has 3 nitrogen and oxygen atoms in total. The van der Waals surface area contributed by atoms with Crippen molar-refractivity contribution < 1.29 is 4.42 Å². The van der Waals surface area contributed by atoms with Gasteiger partial charge >= 0.3 is 0 Å². The van der Waals surface area contributed by atoms with E-state index >= 15 is 0 Å². The minimum atomic E-state index is 0.446. The van der Waals surface area contributed by atoms with E-state index in [9.17, 15) is 0 Å². The molecule has 0 fully saturated rings. The van der Waals surface area contributed by atoms with Crippen LogP contribution < -0.4 is 0 Å². The van der Waals surface area contributed by atoms with Crippen LogP contribution in [0.15, 0.2) is 16.5 Å². The minimum Gasteiger partial charge on any atom is -0.439 e. The average molecular weight is 211 g/mol. The Balaban J connectivity index is 2.41. The lowest BCUT2D eigenvalue weighted by molar-refractivity contribution is 0.482. The summed E-state index contributed by atoms with van der Waals surface area (Å²) in [6.07, 6.45) is 0.827. The third kappa shape index (κ3) is 1.87. The Labute approximate surface area is 87.1 Å². The van der Waals surface area contributed by atoms with E-state index in [0.29, 0.717) is 22.3 Å². The number of nitrogens with zero attached hydrogens (tertiary/aromatic N) is 2. The molecule has 0 aliphatic rings. The monoisotopic (exact) mass is 210 g/mol. The second-order valence-corrected chi connectivity index (χ2v) is 4.05. The van der Waals surface area contributed by atoms with Crippen LogP contribution in [0.25, 0.3) is 11.2 Å². The maximum Gasteiger partial charge on any atom is 0.200 e. The van der Waals surface area contributed by atoms with E-state index in [1.807, 2.05) is 0 Å². The summed E-state index contributed by atoms with van der Waals surface area (Å²) >= 11 is 5.74. The van der Waals surface area contributed by atoms with Gasteiger partial charge in [-0.2, -0.15) is 4.98 Å². The van der Waals surface area contributed by atoms with Crippen molar-refractivity contribution in [2.75, 3.05) is 0 Å². The van der Waals surface area contributed by atoms with Crippen molar-refractivity contribution in [3.8, 4) is 0 Å². The average Bonchev–Trinajstić information content (AvgIpc) is 2.44. The number of hydrogen-bond donors (Lipinski definition) is 0. The lowest BCUT2D eigenvalue weighted by Gasteiger charge is -1.96. The molecule has 0 saturated heterocycles. The van der Waals surface area contributed by atoms with Crippen molar-refractivity contribution in [3.63, 3.8) is 0 Å². The number of rotatable bonds is 2. The van der Waals surface area contributed by atoms with Crippen LogP contribution in [-0.4, -0.2) is 9.97 Å². The van der Waals surface area contributed by atoms with Crippen LogP contribution in [0.2, 0.25) is 5.15 Å². The summed E-state index contributed by atoms with van der Waals surface area (Å²) in [7, 11) is 0. The van der Waals surface area contributed by atoms with Crippen LogP contribution in [0.5, 0.6) is 0 Å². The molecule has 0 amide bonds. The predicted octanol–water partition coefficient (Wildman–Crippen LogP) is 3.07. The Morgan fingerprint density at radius 3 is 2.86 bits per heavy atom.